The van der Waals surface area contributed by atoms with Gasteiger partial charge in [-0.2, -0.15) is 0 Å². The van der Waals surface area contributed by atoms with Crippen LogP contribution in [0.1, 0.15) is 12.8 Å². The van der Waals surface area contributed by atoms with Crippen LogP contribution in [-0.4, -0.2) is 31.6 Å². The number of anilines is 2. The maximum absolute atomic E-state index is 11.8. The van der Waals surface area contributed by atoms with Crippen LogP contribution < -0.4 is 15.5 Å². The number of hydrogen-bond acceptors (Lipinski definition) is 3. The number of nitrogens with zero attached hydrogens (tertiary/aromatic N) is 1. The Labute approximate surface area is 113 Å². The number of halogens is 1. The topological polar surface area (TPSA) is 44.4 Å². The molecule has 0 unspecified atom stereocenters. The van der Waals surface area contributed by atoms with E-state index in [-0.39, 0.29) is 18.3 Å². The molecular formula is C13H18ClN3O. The summed E-state index contributed by atoms with van der Waals surface area (Å²) < 4.78 is 0. The Hall–Kier alpha value is -1.42. The molecule has 5 heteroatoms. The van der Waals surface area contributed by atoms with Crippen molar-refractivity contribution in [1.82, 2.24) is 5.32 Å². The number of benzene rings is 1. The van der Waals surface area contributed by atoms with Gasteiger partial charge in [0.1, 0.15) is 0 Å². The Morgan fingerprint density at radius 1 is 1.39 bits per heavy atom. The van der Waals surface area contributed by atoms with Gasteiger partial charge in [0.05, 0.1) is 17.9 Å². The first kappa shape index (κ1) is 13.0. The number of carbonyl (C=O) groups excluding carboxylic acids is 1. The van der Waals surface area contributed by atoms with E-state index >= 15 is 0 Å². The molecule has 0 saturated heterocycles. The summed E-state index contributed by atoms with van der Waals surface area (Å²) in [6, 6.07) is 8.59. The molecule has 0 aromatic heterocycles. The molecule has 1 aromatic carbocycles. The molecular weight excluding hydrogens is 250 g/mol. The van der Waals surface area contributed by atoms with Crippen molar-refractivity contribution in [2.45, 2.75) is 18.9 Å². The van der Waals surface area contributed by atoms with Gasteiger partial charge < -0.3 is 15.5 Å². The van der Waals surface area contributed by atoms with E-state index in [0.717, 1.165) is 37.3 Å². The molecule has 1 fully saturated rings. The zero-order valence-corrected chi connectivity index (χ0v) is 11.0. The van der Waals surface area contributed by atoms with E-state index in [2.05, 4.69) is 27.7 Å². The predicted octanol–water partition coefficient (Wildman–Crippen LogP) is 1.62. The molecule has 1 saturated carbocycles. The minimum Gasteiger partial charge on any atom is -0.382 e. The van der Waals surface area contributed by atoms with Gasteiger partial charge >= 0.3 is 0 Å². The molecule has 3 rings (SSSR count). The third-order valence-electron chi connectivity index (χ3n) is 3.22. The molecule has 0 spiro atoms. The van der Waals surface area contributed by atoms with Gasteiger partial charge in [0, 0.05) is 19.1 Å². The second kappa shape index (κ2) is 5.48. The quantitative estimate of drug-likeness (QED) is 0.875. The molecule has 1 aliphatic heterocycles. The third kappa shape index (κ3) is 2.88. The average molecular weight is 268 g/mol. The monoisotopic (exact) mass is 267 g/mol. The van der Waals surface area contributed by atoms with Crippen molar-refractivity contribution in [1.29, 1.82) is 0 Å². The highest BCUT2D eigenvalue weighted by atomic mass is 35.5. The molecule has 1 aliphatic carbocycles. The van der Waals surface area contributed by atoms with E-state index in [1.165, 1.54) is 0 Å². The number of rotatable bonds is 3. The summed E-state index contributed by atoms with van der Waals surface area (Å²) in [6.45, 7) is 2.25. The van der Waals surface area contributed by atoms with Crippen molar-refractivity contribution in [3.8, 4) is 0 Å². The lowest BCUT2D eigenvalue weighted by Crippen LogP contribution is -2.42. The highest BCUT2D eigenvalue weighted by Gasteiger charge is 2.25. The molecule has 1 heterocycles. The lowest BCUT2D eigenvalue weighted by atomic mass is 10.2. The van der Waals surface area contributed by atoms with E-state index in [0.29, 0.717) is 12.6 Å². The predicted molar refractivity (Wildman–Crippen MR) is 75.6 cm³/mol. The van der Waals surface area contributed by atoms with Crippen molar-refractivity contribution in [2.24, 2.45) is 0 Å². The van der Waals surface area contributed by atoms with E-state index in [4.69, 9.17) is 0 Å². The van der Waals surface area contributed by atoms with Crippen LogP contribution in [0.15, 0.2) is 24.3 Å². The smallest absolute Gasteiger partial charge is 0.239 e. The third-order valence-corrected chi connectivity index (χ3v) is 3.22. The summed E-state index contributed by atoms with van der Waals surface area (Å²) in [5, 5.41) is 6.38. The van der Waals surface area contributed by atoms with E-state index < -0.39 is 0 Å². The fourth-order valence-corrected chi connectivity index (χ4v) is 2.18. The van der Waals surface area contributed by atoms with Gasteiger partial charge in [-0.3, -0.25) is 4.79 Å². The first-order chi connectivity index (χ1) is 8.33. The molecule has 1 aromatic rings. The van der Waals surface area contributed by atoms with E-state index in [1.807, 2.05) is 12.1 Å². The lowest BCUT2D eigenvalue weighted by Gasteiger charge is -2.31. The van der Waals surface area contributed by atoms with E-state index in [9.17, 15) is 4.79 Å². The summed E-state index contributed by atoms with van der Waals surface area (Å²) in [6.07, 6.45) is 2.29. The Kier molecular flexibility index (Phi) is 3.97. The summed E-state index contributed by atoms with van der Waals surface area (Å²) in [7, 11) is 0. The highest BCUT2D eigenvalue weighted by Crippen LogP contribution is 2.28. The summed E-state index contributed by atoms with van der Waals surface area (Å²) in [5.41, 5.74) is 2.25. The van der Waals surface area contributed by atoms with Gasteiger partial charge in [-0.1, -0.05) is 12.1 Å². The zero-order valence-electron chi connectivity index (χ0n) is 10.2. The van der Waals surface area contributed by atoms with Crippen LogP contribution in [0, 0.1) is 0 Å². The standard InChI is InChI=1S/C13H17N3O.ClH/c17-13(15-10-5-6-10)9-16-8-7-14-11-3-1-2-4-12(11)16;/h1-4,10,14H,5-9H2,(H,15,17);1H. The highest BCUT2D eigenvalue weighted by molar-refractivity contribution is 5.85. The van der Waals surface area contributed by atoms with Crippen LogP contribution in [0.4, 0.5) is 11.4 Å². The lowest BCUT2D eigenvalue weighted by molar-refractivity contribution is -0.119. The fourth-order valence-electron chi connectivity index (χ4n) is 2.18. The van der Waals surface area contributed by atoms with Crippen molar-refractivity contribution in [3.05, 3.63) is 24.3 Å². The number of fused-ring (bicyclic) bond motifs is 1. The van der Waals surface area contributed by atoms with Crippen molar-refractivity contribution < 1.29 is 4.79 Å². The van der Waals surface area contributed by atoms with Gasteiger partial charge in [0.2, 0.25) is 5.91 Å². The normalized spacial score (nSPS) is 17.2. The number of carbonyl (C=O) groups is 1. The Balaban J connectivity index is 0.00000120. The molecule has 2 N–H and O–H groups in total. The number of nitrogens with one attached hydrogen (secondary N) is 2. The molecule has 98 valence electrons. The van der Waals surface area contributed by atoms with Gasteiger partial charge in [0.25, 0.3) is 0 Å². The van der Waals surface area contributed by atoms with E-state index in [1.54, 1.807) is 0 Å². The fraction of sp³-hybridized carbons (Fsp3) is 0.462. The van der Waals surface area contributed by atoms with Crippen molar-refractivity contribution >= 4 is 29.7 Å². The van der Waals surface area contributed by atoms with Gasteiger partial charge in [-0.15, -0.1) is 12.4 Å². The minimum atomic E-state index is 0. The Morgan fingerprint density at radius 2 is 2.17 bits per heavy atom. The molecule has 0 atom stereocenters. The number of para-hydroxylation sites is 2. The van der Waals surface area contributed by atoms with Crippen LogP contribution >= 0.6 is 12.4 Å². The minimum absolute atomic E-state index is 0. The molecule has 4 nitrogen and oxygen atoms in total. The van der Waals surface area contributed by atoms with Gasteiger partial charge in [0.15, 0.2) is 0 Å². The number of amides is 1. The molecule has 0 radical (unpaired) electrons. The molecule has 0 bridgehead atoms. The molecule has 18 heavy (non-hydrogen) atoms. The first-order valence-electron chi connectivity index (χ1n) is 6.20. The molecule has 1 amide bonds. The second-order valence-electron chi connectivity index (χ2n) is 4.71. The van der Waals surface area contributed by atoms with Gasteiger partial charge in [-0.25, -0.2) is 0 Å². The van der Waals surface area contributed by atoms with Crippen LogP contribution in [0.3, 0.4) is 0 Å². The number of hydrogen-bond donors (Lipinski definition) is 2. The zero-order chi connectivity index (χ0) is 11.7. The Morgan fingerprint density at radius 3 is 2.94 bits per heavy atom. The maximum atomic E-state index is 11.8. The van der Waals surface area contributed by atoms with Crippen LogP contribution in [-0.2, 0) is 4.79 Å². The van der Waals surface area contributed by atoms with Gasteiger partial charge in [-0.05, 0) is 25.0 Å². The average Bonchev–Trinajstić information content (AvgIpc) is 3.13. The SMILES string of the molecule is Cl.O=C(CN1CCNc2ccccc21)NC1CC1. The van der Waals surface area contributed by atoms with Crippen molar-refractivity contribution in [2.75, 3.05) is 29.9 Å². The van der Waals surface area contributed by atoms with Crippen LogP contribution in [0.2, 0.25) is 0 Å². The first-order valence-corrected chi connectivity index (χ1v) is 6.20. The summed E-state index contributed by atoms with van der Waals surface area (Å²) in [5.74, 6) is 0.143. The summed E-state index contributed by atoms with van der Waals surface area (Å²) in [4.78, 5) is 13.9. The van der Waals surface area contributed by atoms with Crippen molar-refractivity contribution in [3.63, 3.8) is 0 Å². The summed E-state index contributed by atoms with van der Waals surface area (Å²) >= 11 is 0. The molecule has 2 aliphatic rings. The Bertz CT molecular complexity index is 434. The van der Waals surface area contributed by atoms with Crippen LogP contribution in [0.25, 0.3) is 0 Å². The second-order valence-corrected chi connectivity index (χ2v) is 4.71. The maximum Gasteiger partial charge on any atom is 0.239 e. The largest absolute Gasteiger partial charge is 0.382 e. The van der Waals surface area contributed by atoms with Crippen LogP contribution in [0.5, 0.6) is 0 Å².